The van der Waals surface area contributed by atoms with Crippen molar-refractivity contribution in [2.24, 2.45) is 5.41 Å². The molecule has 1 saturated heterocycles. The molecule has 1 atom stereocenters. The molecule has 0 aromatic carbocycles. The number of rotatable bonds is 3. The second-order valence-corrected chi connectivity index (χ2v) is 5.42. The van der Waals surface area contributed by atoms with Crippen LogP contribution in [0.4, 0.5) is 0 Å². The van der Waals surface area contributed by atoms with Crippen molar-refractivity contribution in [3.8, 4) is 0 Å². The number of hydrogen-bond donors (Lipinski definition) is 1. The van der Waals surface area contributed by atoms with Crippen LogP contribution in [0, 0.1) is 5.41 Å². The van der Waals surface area contributed by atoms with Gasteiger partial charge in [0.2, 0.25) is 5.91 Å². The lowest BCUT2D eigenvalue weighted by Crippen LogP contribution is -2.52. The van der Waals surface area contributed by atoms with E-state index in [1.54, 1.807) is 4.90 Å². The first-order valence-corrected chi connectivity index (χ1v) is 5.91. The van der Waals surface area contributed by atoms with Crippen molar-refractivity contribution in [3.05, 3.63) is 0 Å². The zero-order valence-corrected chi connectivity index (χ0v) is 10.7. The van der Waals surface area contributed by atoms with Gasteiger partial charge in [-0.3, -0.25) is 4.79 Å². The Hall–Kier alpha value is -0.610. The Morgan fingerprint density at radius 2 is 2.19 bits per heavy atom. The van der Waals surface area contributed by atoms with Crippen molar-refractivity contribution in [2.75, 3.05) is 19.7 Å². The molecule has 0 spiro atoms. The molecule has 1 aliphatic rings. The lowest BCUT2D eigenvalue weighted by molar-refractivity contribution is -0.145. The summed E-state index contributed by atoms with van der Waals surface area (Å²) >= 11 is 0. The number of carbonyl (C=O) groups is 1. The van der Waals surface area contributed by atoms with E-state index in [9.17, 15) is 4.79 Å². The Morgan fingerprint density at radius 1 is 1.56 bits per heavy atom. The molecule has 16 heavy (non-hydrogen) atoms. The van der Waals surface area contributed by atoms with Crippen LogP contribution in [0.1, 0.15) is 34.1 Å². The third-order valence-electron chi connectivity index (χ3n) is 3.06. The van der Waals surface area contributed by atoms with Crippen molar-refractivity contribution < 1.29 is 14.6 Å². The van der Waals surface area contributed by atoms with Gasteiger partial charge >= 0.3 is 0 Å². The lowest BCUT2D eigenvalue weighted by Gasteiger charge is -2.44. The molecule has 0 unspecified atom stereocenters. The Labute approximate surface area is 97.6 Å². The number of hydrogen-bond acceptors (Lipinski definition) is 3. The van der Waals surface area contributed by atoms with E-state index < -0.39 is 6.61 Å². The summed E-state index contributed by atoms with van der Waals surface area (Å²) in [5.41, 5.74) is -0.0483. The van der Waals surface area contributed by atoms with Gasteiger partial charge in [-0.25, -0.2) is 0 Å². The Bertz CT molecular complexity index is 251. The van der Waals surface area contributed by atoms with E-state index in [-0.39, 0.29) is 23.5 Å². The smallest absolute Gasteiger partial charge is 0.248 e. The number of likely N-dealkylation sites (tertiary alicyclic amines) is 1. The highest BCUT2D eigenvalue weighted by Crippen LogP contribution is 2.32. The monoisotopic (exact) mass is 229 g/mol. The molecular formula is C12H23NO3. The zero-order chi connectivity index (χ0) is 12.3. The van der Waals surface area contributed by atoms with Gasteiger partial charge in [-0.15, -0.1) is 0 Å². The Balaban J connectivity index is 2.61. The Morgan fingerprint density at radius 3 is 2.62 bits per heavy atom. The van der Waals surface area contributed by atoms with Gasteiger partial charge in [0.15, 0.2) is 0 Å². The molecule has 1 N–H and O–H groups in total. The van der Waals surface area contributed by atoms with Crippen LogP contribution >= 0.6 is 0 Å². The summed E-state index contributed by atoms with van der Waals surface area (Å²) in [6.07, 6.45) is 1.25. The predicted octanol–water partition coefficient (Wildman–Crippen LogP) is 1.03. The average Bonchev–Trinajstić information content (AvgIpc) is 2.19. The Kier molecular flexibility index (Phi) is 4.33. The molecule has 1 amide bonds. The number of aliphatic hydroxyl groups excluding tert-OH is 1. The van der Waals surface area contributed by atoms with E-state index in [0.717, 1.165) is 6.42 Å². The van der Waals surface area contributed by atoms with Crippen molar-refractivity contribution >= 4 is 5.91 Å². The number of amides is 1. The highest BCUT2D eigenvalue weighted by molar-refractivity contribution is 5.77. The highest BCUT2D eigenvalue weighted by atomic mass is 16.5. The first-order chi connectivity index (χ1) is 7.36. The van der Waals surface area contributed by atoms with Crippen molar-refractivity contribution in [1.82, 2.24) is 4.90 Å². The third kappa shape index (κ3) is 3.19. The van der Waals surface area contributed by atoms with Crippen LogP contribution in [-0.2, 0) is 9.53 Å². The number of ether oxygens (including phenoxy) is 1. The highest BCUT2D eigenvalue weighted by Gasteiger charge is 2.38. The fourth-order valence-electron chi connectivity index (χ4n) is 2.23. The van der Waals surface area contributed by atoms with E-state index in [1.165, 1.54) is 0 Å². The molecule has 0 saturated carbocycles. The van der Waals surface area contributed by atoms with Gasteiger partial charge in [0.25, 0.3) is 0 Å². The molecule has 1 heterocycles. The van der Waals surface area contributed by atoms with Gasteiger partial charge in [0.05, 0.1) is 12.2 Å². The summed E-state index contributed by atoms with van der Waals surface area (Å²) in [5, 5.41) is 8.85. The normalized spacial score (nSPS) is 24.9. The summed E-state index contributed by atoms with van der Waals surface area (Å²) in [7, 11) is 0. The minimum Gasteiger partial charge on any atom is -0.387 e. The number of piperidine rings is 1. The molecule has 0 radical (unpaired) electrons. The van der Waals surface area contributed by atoms with Crippen LogP contribution in [0.5, 0.6) is 0 Å². The van der Waals surface area contributed by atoms with E-state index in [2.05, 4.69) is 13.8 Å². The SMILES string of the molecule is CC(C)O[C@@H]1CCN(C(=O)CO)CC1(C)C. The van der Waals surface area contributed by atoms with E-state index in [0.29, 0.717) is 13.1 Å². The maximum Gasteiger partial charge on any atom is 0.248 e. The van der Waals surface area contributed by atoms with Crippen LogP contribution in [0.25, 0.3) is 0 Å². The number of nitrogens with zero attached hydrogens (tertiary/aromatic N) is 1. The van der Waals surface area contributed by atoms with Gasteiger partial charge in [0.1, 0.15) is 6.61 Å². The third-order valence-corrected chi connectivity index (χ3v) is 3.06. The molecular weight excluding hydrogens is 206 g/mol. The number of aliphatic hydroxyl groups is 1. The average molecular weight is 229 g/mol. The fourth-order valence-corrected chi connectivity index (χ4v) is 2.23. The quantitative estimate of drug-likeness (QED) is 0.786. The van der Waals surface area contributed by atoms with Gasteiger partial charge < -0.3 is 14.7 Å². The standard InChI is InChI=1S/C12H23NO3/c1-9(2)16-10-5-6-13(11(15)7-14)8-12(10,3)4/h9-10,14H,5-8H2,1-4H3/t10-/m1/s1. The summed E-state index contributed by atoms with van der Waals surface area (Å²) < 4.78 is 5.87. The molecule has 0 aromatic heterocycles. The fraction of sp³-hybridized carbons (Fsp3) is 0.917. The molecule has 4 nitrogen and oxygen atoms in total. The van der Waals surface area contributed by atoms with E-state index >= 15 is 0 Å². The van der Waals surface area contributed by atoms with E-state index in [1.807, 2.05) is 13.8 Å². The van der Waals surface area contributed by atoms with Gasteiger partial charge in [0, 0.05) is 18.5 Å². The van der Waals surface area contributed by atoms with Gasteiger partial charge in [-0.05, 0) is 20.3 Å². The van der Waals surface area contributed by atoms with Crippen LogP contribution in [0.3, 0.4) is 0 Å². The minimum absolute atomic E-state index is 0.0483. The molecule has 94 valence electrons. The molecule has 0 aliphatic carbocycles. The summed E-state index contributed by atoms with van der Waals surface area (Å²) in [6.45, 7) is 9.21. The molecule has 0 aromatic rings. The second-order valence-electron chi connectivity index (χ2n) is 5.42. The summed E-state index contributed by atoms with van der Waals surface area (Å²) in [4.78, 5) is 13.1. The van der Waals surface area contributed by atoms with E-state index in [4.69, 9.17) is 9.84 Å². The maximum atomic E-state index is 11.4. The molecule has 4 heteroatoms. The molecule has 1 aliphatic heterocycles. The van der Waals surface area contributed by atoms with Gasteiger partial charge in [-0.1, -0.05) is 13.8 Å². The molecule has 1 rings (SSSR count). The first kappa shape index (κ1) is 13.5. The molecule has 1 fully saturated rings. The molecule has 0 bridgehead atoms. The zero-order valence-electron chi connectivity index (χ0n) is 10.7. The topological polar surface area (TPSA) is 49.8 Å². The minimum atomic E-state index is -0.397. The van der Waals surface area contributed by atoms with Crippen molar-refractivity contribution in [3.63, 3.8) is 0 Å². The maximum absolute atomic E-state index is 11.4. The predicted molar refractivity (Wildman–Crippen MR) is 62.1 cm³/mol. The van der Waals surface area contributed by atoms with Gasteiger partial charge in [-0.2, -0.15) is 0 Å². The second kappa shape index (κ2) is 5.15. The summed E-state index contributed by atoms with van der Waals surface area (Å²) in [5.74, 6) is -0.184. The summed E-state index contributed by atoms with van der Waals surface area (Å²) in [6, 6.07) is 0. The lowest BCUT2D eigenvalue weighted by atomic mass is 9.81. The first-order valence-electron chi connectivity index (χ1n) is 5.91. The largest absolute Gasteiger partial charge is 0.387 e. The van der Waals surface area contributed by atoms with Crippen LogP contribution in [0.2, 0.25) is 0 Å². The number of carbonyl (C=O) groups excluding carboxylic acids is 1. The van der Waals surface area contributed by atoms with Crippen LogP contribution in [-0.4, -0.2) is 47.8 Å². The van der Waals surface area contributed by atoms with Crippen LogP contribution in [0.15, 0.2) is 0 Å². The van der Waals surface area contributed by atoms with Crippen LogP contribution < -0.4 is 0 Å². The van der Waals surface area contributed by atoms with Crippen molar-refractivity contribution in [2.45, 2.75) is 46.3 Å². The van der Waals surface area contributed by atoms with Crippen molar-refractivity contribution in [1.29, 1.82) is 0 Å².